The highest BCUT2D eigenvalue weighted by Crippen LogP contribution is 2.56. The summed E-state index contributed by atoms with van der Waals surface area (Å²) < 4.78 is 17.3. The molecule has 0 unspecified atom stereocenters. The minimum Gasteiger partial charge on any atom is -0.508 e. The molecule has 0 aliphatic carbocycles. The van der Waals surface area contributed by atoms with E-state index in [9.17, 15) is 10.2 Å². The fourth-order valence-corrected chi connectivity index (χ4v) is 14.4. The number of phenols is 2. The van der Waals surface area contributed by atoms with Crippen molar-refractivity contribution < 1.29 is 23.5 Å². The predicted octanol–water partition coefficient (Wildman–Crippen LogP) is 5.42. The number of phenolic OH excluding ortho intramolecular Hbond substituents is 2. The van der Waals surface area contributed by atoms with Crippen LogP contribution < -0.4 is 31.8 Å². The minimum absolute atomic E-state index is 0.230. The molecule has 0 fully saturated rings. The lowest BCUT2D eigenvalue weighted by Gasteiger charge is -2.30. The summed E-state index contributed by atoms with van der Waals surface area (Å²) in [7, 11) is -0.850. The molecule has 0 atom stereocenters. The van der Waals surface area contributed by atoms with Gasteiger partial charge in [0, 0.05) is 27.4 Å². The van der Waals surface area contributed by atoms with Crippen molar-refractivity contribution >= 4 is 55.8 Å². The standard InChI is InChI=1S/C36H38O5P2Si/c1-39-44(40-2,41-3)28-10-27-43(34-21-15-29(37)16-22-34,35-23-17-30(38)18-24-35)36-25-19-33(20-26-36)42(31-11-6-4-7-12-31)32-13-8-5-9-14-32/h4-9,11-26H,10,27-28H2,1-3H3,(H-,37,38)/p+1. The molecule has 0 radical (unpaired) electrons. The molecule has 5 rings (SSSR count). The molecule has 5 aromatic rings. The van der Waals surface area contributed by atoms with E-state index in [-0.39, 0.29) is 11.5 Å². The van der Waals surface area contributed by atoms with E-state index in [0.29, 0.717) is 6.04 Å². The van der Waals surface area contributed by atoms with E-state index in [1.807, 2.05) is 24.3 Å². The molecule has 44 heavy (non-hydrogen) atoms. The average Bonchev–Trinajstić information content (AvgIpc) is 3.08. The number of aromatic hydroxyl groups is 2. The summed E-state index contributed by atoms with van der Waals surface area (Å²) in [5.41, 5.74) is 0. The fourth-order valence-electron chi connectivity index (χ4n) is 5.80. The second-order valence-electron chi connectivity index (χ2n) is 10.5. The second kappa shape index (κ2) is 14.6. The third-order valence-electron chi connectivity index (χ3n) is 8.07. The Morgan fingerprint density at radius 3 is 1.27 bits per heavy atom. The van der Waals surface area contributed by atoms with Crippen LogP contribution in [0.1, 0.15) is 6.42 Å². The smallest absolute Gasteiger partial charge is 0.500 e. The lowest BCUT2D eigenvalue weighted by molar-refractivity contribution is 0.123. The van der Waals surface area contributed by atoms with Gasteiger partial charge in [-0.1, -0.05) is 60.7 Å². The van der Waals surface area contributed by atoms with Gasteiger partial charge in [0.2, 0.25) is 0 Å². The van der Waals surface area contributed by atoms with E-state index in [0.717, 1.165) is 23.2 Å². The molecule has 0 bridgehead atoms. The van der Waals surface area contributed by atoms with E-state index in [1.54, 1.807) is 45.6 Å². The quantitative estimate of drug-likeness (QED) is 0.133. The van der Waals surface area contributed by atoms with Crippen molar-refractivity contribution in [3.8, 4) is 11.5 Å². The van der Waals surface area contributed by atoms with E-state index < -0.39 is 24.0 Å². The van der Waals surface area contributed by atoms with E-state index >= 15 is 0 Å². The first-order chi connectivity index (χ1) is 21.4. The van der Waals surface area contributed by atoms with Gasteiger partial charge >= 0.3 is 8.80 Å². The van der Waals surface area contributed by atoms with Gasteiger partial charge in [0.25, 0.3) is 0 Å². The summed E-state index contributed by atoms with van der Waals surface area (Å²) in [6, 6.07) is 46.5. The lowest BCUT2D eigenvalue weighted by Crippen LogP contribution is -2.43. The van der Waals surface area contributed by atoms with Crippen LogP contribution in [0.4, 0.5) is 0 Å². The van der Waals surface area contributed by atoms with Crippen LogP contribution in [0.15, 0.2) is 133 Å². The Morgan fingerprint density at radius 1 is 0.523 bits per heavy atom. The number of rotatable bonds is 13. The summed E-state index contributed by atoms with van der Waals surface area (Å²) in [5.74, 6) is 0.461. The van der Waals surface area contributed by atoms with Crippen LogP contribution >= 0.6 is 15.2 Å². The van der Waals surface area contributed by atoms with Gasteiger partial charge in [-0.2, -0.15) is 0 Å². The zero-order valence-corrected chi connectivity index (χ0v) is 28.1. The molecular weight excluding hydrogens is 602 g/mol. The van der Waals surface area contributed by atoms with Crippen molar-refractivity contribution in [2.45, 2.75) is 12.5 Å². The first-order valence-corrected chi connectivity index (χ1v) is 19.8. The summed E-state index contributed by atoms with van der Waals surface area (Å²) in [6.45, 7) is 0. The highest BCUT2D eigenvalue weighted by atomic mass is 31.2. The molecule has 0 aliphatic heterocycles. The first-order valence-electron chi connectivity index (χ1n) is 14.6. The molecule has 0 amide bonds. The third-order valence-corrected chi connectivity index (χ3v) is 17.9. The maximum Gasteiger partial charge on any atom is 0.500 e. The minimum atomic E-state index is -2.80. The molecule has 0 saturated carbocycles. The SMILES string of the molecule is CO[Si](CCC[P+](c1ccc(O)cc1)(c1ccc(O)cc1)c1ccc(P(c2ccccc2)c2ccccc2)cc1)(OC)OC. The van der Waals surface area contributed by atoms with E-state index in [2.05, 4.69) is 84.9 Å². The van der Waals surface area contributed by atoms with Crippen LogP contribution in [0.5, 0.6) is 11.5 Å². The van der Waals surface area contributed by atoms with E-state index in [4.69, 9.17) is 13.3 Å². The van der Waals surface area contributed by atoms with Crippen LogP contribution in [0.3, 0.4) is 0 Å². The van der Waals surface area contributed by atoms with Gasteiger partial charge in [-0.3, -0.25) is 0 Å². The summed E-state index contributed by atoms with van der Waals surface area (Å²) in [5, 5.41) is 27.9. The first kappa shape index (κ1) is 32.1. The Kier molecular flexibility index (Phi) is 10.7. The molecule has 5 nitrogen and oxygen atoms in total. The molecule has 8 heteroatoms. The van der Waals surface area contributed by atoms with Gasteiger partial charge < -0.3 is 23.5 Å². The Bertz CT molecular complexity index is 1500. The van der Waals surface area contributed by atoms with Crippen molar-refractivity contribution in [2.75, 3.05) is 27.5 Å². The Balaban J connectivity index is 1.64. The maximum absolute atomic E-state index is 10.2. The zero-order valence-electron chi connectivity index (χ0n) is 25.3. The highest BCUT2D eigenvalue weighted by Gasteiger charge is 2.47. The molecule has 226 valence electrons. The average molecular weight is 642 g/mol. The van der Waals surface area contributed by atoms with Gasteiger partial charge in [0.1, 0.15) is 34.7 Å². The van der Waals surface area contributed by atoms with Crippen molar-refractivity contribution in [1.82, 2.24) is 0 Å². The molecule has 0 heterocycles. The van der Waals surface area contributed by atoms with Crippen LogP contribution in [0.25, 0.3) is 0 Å². The molecule has 0 spiro atoms. The van der Waals surface area contributed by atoms with Gasteiger partial charge in [-0.05, 0) is 103 Å². The summed E-state index contributed by atoms with van der Waals surface area (Å²) in [4.78, 5) is 0. The van der Waals surface area contributed by atoms with Crippen molar-refractivity contribution in [1.29, 1.82) is 0 Å². The molecule has 0 aliphatic rings. The Hall–Kier alpha value is -3.34. The van der Waals surface area contributed by atoms with Crippen molar-refractivity contribution in [3.63, 3.8) is 0 Å². The summed E-state index contributed by atoms with van der Waals surface area (Å²) in [6.07, 6.45) is 1.64. The molecule has 5 aromatic carbocycles. The fraction of sp³-hybridized carbons (Fsp3) is 0.167. The normalized spacial score (nSPS) is 12.0. The molecular formula is C36H39O5P2Si+. The van der Waals surface area contributed by atoms with Gasteiger partial charge in [-0.15, -0.1) is 0 Å². The summed E-state index contributed by atoms with van der Waals surface area (Å²) >= 11 is 0. The zero-order chi connectivity index (χ0) is 31.0. The largest absolute Gasteiger partial charge is 0.508 e. The topological polar surface area (TPSA) is 68.2 Å². The number of benzene rings is 5. The van der Waals surface area contributed by atoms with Crippen LogP contribution in [-0.4, -0.2) is 46.5 Å². The Labute approximate surface area is 263 Å². The van der Waals surface area contributed by atoms with Gasteiger partial charge in [-0.25, -0.2) is 0 Å². The molecule has 0 aromatic heterocycles. The lowest BCUT2D eigenvalue weighted by atomic mass is 10.3. The Morgan fingerprint density at radius 2 is 0.886 bits per heavy atom. The van der Waals surface area contributed by atoms with E-state index in [1.165, 1.54) is 21.2 Å². The second-order valence-corrected chi connectivity index (χ2v) is 19.4. The van der Waals surface area contributed by atoms with Crippen molar-refractivity contribution in [2.24, 2.45) is 0 Å². The highest BCUT2D eigenvalue weighted by molar-refractivity contribution is 7.95. The predicted molar refractivity (Wildman–Crippen MR) is 188 cm³/mol. The van der Waals surface area contributed by atoms with Crippen LogP contribution in [-0.2, 0) is 13.3 Å². The monoisotopic (exact) mass is 641 g/mol. The number of hydrogen-bond acceptors (Lipinski definition) is 5. The van der Waals surface area contributed by atoms with Crippen LogP contribution in [0, 0.1) is 0 Å². The van der Waals surface area contributed by atoms with Gasteiger partial charge in [0.05, 0.1) is 6.16 Å². The molecule has 2 N–H and O–H groups in total. The van der Waals surface area contributed by atoms with Crippen molar-refractivity contribution in [3.05, 3.63) is 133 Å². The third kappa shape index (κ3) is 6.82. The van der Waals surface area contributed by atoms with Gasteiger partial charge in [0.15, 0.2) is 0 Å². The maximum atomic E-state index is 10.2. The molecule has 0 saturated heterocycles. The number of hydrogen-bond donors (Lipinski definition) is 2. The van der Waals surface area contributed by atoms with Crippen LogP contribution in [0.2, 0.25) is 6.04 Å².